The van der Waals surface area contributed by atoms with Crippen LogP contribution in [0.15, 0.2) is 6.20 Å². The second-order valence-electron chi connectivity index (χ2n) is 3.72. The van der Waals surface area contributed by atoms with Gasteiger partial charge in [-0.25, -0.2) is 0 Å². The fraction of sp³-hybridized carbons (Fsp3) is 0.636. The van der Waals surface area contributed by atoms with Gasteiger partial charge < -0.3 is 15.8 Å². The van der Waals surface area contributed by atoms with Gasteiger partial charge in [-0.3, -0.25) is 9.48 Å². The van der Waals surface area contributed by atoms with Crippen molar-refractivity contribution >= 4 is 11.6 Å². The number of unbranched alkanes of at least 4 members (excludes halogenated alkanes) is 1. The summed E-state index contributed by atoms with van der Waals surface area (Å²) < 4.78 is 6.53. The lowest BCUT2D eigenvalue weighted by Gasteiger charge is -2.07. The molecule has 0 radical (unpaired) electrons. The number of ether oxygens (including phenoxy) is 1. The molecule has 3 N–H and O–H groups in total. The molecule has 0 bridgehead atoms. The third-order valence-electron chi connectivity index (χ3n) is 2.44. The molecule has 1 aromatic rings. The van der Waals surface area contributed by atoms with E-state index < -0.39 is 0 Å². The summed E-state index contributed by atoms with van der Waals surface area (Å²) >= 11 is 0. The van der Waals surface area contributed by atoms with Crippen molar-refractivity contribution in [3.05, 3.63) is 11.9 Å². The molecule has 0 saturated heterocycles. The standard InChI is InChI=1S/C11H20N4O2/c1-3-15-10(9(12)8-14-15)11(16)13-6-4-5-7-17-2/h8H,3-7,12H2,1-2H3,(H,13,16). The smallest absolute Gasteiger partial charge is 0.271 e. The van der Waals surface area contributed by atoms with Crippen LogP contribution in [-0.2, 0) is 11.3 Å². The molecule has 17 heavy (non-hydrogen) atoms. The Morgan fingerprint density at radius 2 is 2.35 bits per heavy atom. The number of anilines is 1. The van der Waals surface area contributed by atoms with Gasteiger partial charge in [0.2, 0.25) is 0 Å². The van der Waals surface area contributed by atoms with Crippen LogP contribution in [0.4, 0.5) is 5.69 Å². The van der Waals surface area contributed by atoms with Crippen molar-refractivity contribution in [3.63, 3.8) is 0 Å². The monoisotopic (exact) mass is 240 g/mol. The highest BCUT2D eigenvalue weighted by molar-refractivity contribution is 5.97. The van der Waals surface area contributed by atoms with Crippen LogP contribution in [0.25, 0.3) is 0 Å². The number of nitrogen functional groups attached to an aromatic ring is 1. The molecule has 0 saturated carbocycles. The molecule has 0 unspecified atom stereocenters. The van der Waals surface area contributed by atoms with E-state index in [1.807, 2.05) is 6.92 Å². The molecule has 0 aliphatic rings. The van der Waals surface area contributed by atoms with E-state index in [9.17, 15) is 4.79 Å². The van der Waals surface area contributed by atoms with Crippen LogP contribution in [0.3, 0.4) is 0 Å². The Hall–Kier alpha value is -1.56. The van der Waals surface area contributed by atoms with Gasteiger partial charge in [0.1, 0.15) is 5.69 Å². The number of aryl methyl sites for hydroxylation is 1. The van der Waals surface area contributed by atoms with Gasteiger partial charge in [-0.2, -0.15) is 5.10 Å². The van der Waals surface area contributed by atoms with Gasteiger partial charge in [-0.15, -0.1) is 0 Å². The summed E-state index contributed by atoms with van der Waals surface area (Å²) in [6, 6.07) is 0. The molecule has 0 atom stereocenters. The first-order valence-corrected chi connectivity index (χ1v) is 5.79. The van der Waals surface area contributed by atoms with Crippen molar-refractivity contribution in [2.45, 2.75) is 26.3 Å². The average molecular weight is 240 g/mol. The van der Waals surface area contributed by atoms with E-state index in [1.165, 1.54) is 6.20 Å². The number of methoxy groups -OCH3 is 1. The first-order valence-electron chi connectivity index (χ1n) is 5.79. The van der Waals surface area contributed by atoms with Gasteiger partial charge >= 0.3 is 0 Å². The molecule has 0 fully saturated rings. The molecule has 0 aliphatic heterocycles. The third-order valence-corrected chi connectivity index (χ3v) is 2.44. The Kier molecular flexibility index (Phi) is 5.48. The number of nitrogens with one attached hydrogen (secondary N) is 1. The van der Waals surface area contributed by atoms with Crippen LogP contribution >= 0.6 is 0 Å². The maximum atomic E-state index is 11.9. The van der Waals surface area contributed by atoms with Crippen molar-refractivity contribution in [1.29, 1.82) is 0 Å². The zero-order valence-corrected chi connectivity index (χ0v) is 10.4. The Balaban J connectivity index is 2.44. The topological polar surface area (TPSA) is 82.2 Å². The Morgan fingerprint density at radius 1 is 1.59 bits per heavy atom. The maximum absolute atomic E-state index is 11.9. The molecule has 0 aliphatic carbocycles. The van der Waals surface area contributed by atoms with Gasteiger partial charge in [0.25, 0.3) is 5.91 Å². The van der Waals surface area contributed by atoms with Gasteiger partial charge in [0, 0.05) is 26.8 Å². The number of rotatable bonds is 7. The van der Waals surface area contributed by atoms with E-state index in [4.69, 9.17) is 10.5 Å². The molecular weight excluding hydrogens is 220 g/mol. The highest BCUT2D eigenvalue weighted by atomic mass is 16.5. The second-order valence-corrected chi connectivity index (χ2v) is 3.72. The SMILES string of the molecule is CCn1ncc(N)c1C(=O)NCCCCOC. The Labute approximate surface area is 101 Å². The highest BCUT2D eigenvalue weighted by Crippen LogP contribution is 2.10. The summed E-state index contributed by atoms with van der Waals surface area (Å²) in [5.41, 5.74) is 6.57. The highest BCUT2D eigenvalue weighted by Gasteiger charge is 2.15. The molecule has 6 heteroatoms. The van der Waals surface area contributed by atoms with Crippen molar-refractivity contribution in [1.82, 2.24) is 15.1 Å². The first-order chi connectivity index (χ1) is 8.20. The van der Waals surface area contributed by atoms with Crippen LogP contribution in [0.5, 0.6) is 0 Å². The maximum Gasteiger partial charge on any atom is 0.271 e. The largest absolute Gasteiger partial charge is 0.396 e. The molecule has 96 valence electrons. The normalized spacial score (nSPS) is 10.5. The van der Waals surface area contributed by atoms with Gasteiger partial charge in [0.15, 0.2) is 0 Å². The molecule has 6 nitrogen and oxygen atoms in total. The van der Waals surface area contributed by atoms with Crippen LogP contribution < -0.4 is 11.1 Å². The van der Waals surface area contributed by atoms with E-state index >= 15 is 0 Å². The average Bonchev–Trinajstić information content (AvgIpc) is 2.70. The van der Waals surface area contributed by atoms with Crippen LogP contribution in [0.1, 0.15) is 30.3 Å². The summed E-state index contributed by atoms with van der Waals surface area (Å²) in [7, 11) is 1.67. The van der Waals surface area contributed by atoms with E-state index in [-0.39, 0.29) is 5.91 Å². The third kappa shape index (κ3) is 3.74. The van der Waals surface area contributed by atoms with E-state index in [1.54, 1.807) is 11.8 Å². The molecular formula is C11H20N4O2. The summed E-state index contributed by atoms with van der Waals surface area (Å²) in [6.07, 6.45) is 3.32. The number of aromatic nitrogens is 2. The van der Waals surface area contributed by atoms with Crippen molar-refractivity contribution < 1.29 is 9.53 Å². The first kappa shape index (κ1) is 13.5. The number of carbonyl (C=O) groups is 1. The van der Waals surface area contributed by atoms with E-state index in [2.05, 4.69) is 10.4 Å². The fourth-order valence-corrected chi connectivity index (χ4v) is 1.54. The summed E-state index contributed by atoms with van der Waals surface area (Å²) in [5, 5.41) is 6.85. The van der Waals surface area contributed by atoms with Crippen molar-refractivity contribution in [2.75, 3.05) is 26.0 Å². The Bertz CT molecular complexity index is 362. The summed E-state index contributed by atoms with van der Waals surface area (Å²) in [6.45, 7) is 3.88. The molecule has 1 rings (SSSR count). The number of nitrogens with two attached hydrogens (primary N) is 1. The quantitative estimate of drug-likeness (QED) is 0.685. The van der Waals surface area contributed by atoms with E-state index in [0.29, 0.717) is 31.1 Å². The van der Waals surface area contributed by atoms with Crippen LogP contribution in [-0.4, -0.2) is 35.9 Å². The zero-order chi connectivity index (χ0) is 12.7. The van der Waals surface area contributed by atoms with Gasteiger partial charge in [0.05, 0.1) is 11.9 Å². The minimum Gasteiger partial charge on any atom is -0.396 e. The minimum atomic E-state index is -0.167. The molecule has 1 amide bonds. The van der Waals surface area contributed by atoms with Crippen molar-refractivity contribution in [2.24, 2.45) is 0 Å². The second kappa shape index (κ2) is 6.90. The minimum absolute atomic E-state index is 0.167. The number of nitrogens with zero attached hydrogens (tertiary/aromatic N) is 2. The summed E-state index contributed by atoms with van der Waals surface area (Å²) in [4.78, 5) is 11.9. The summed E-state index contributed by atoms with van der Waals surface area (Å²) in [5.74, 6) is -0.167. The van der Waals surface area contributed by atoms with Crippen molar-refractivity contribution in [3.8, 4) is 0 Å². The van der Waals surface area contributed by atoms with E-state index in [0.717, 1.165) is 12.8 Å². The molecule has 0 spiro atoms. The lowest BCUT2D eigenvalue weighted by molar-refractivity contribution is 0.0941. The number of amides is 1. The number of hydrogen-bond donors (Lipinski definition) is 2. The lowest BCUT2D eigenvalue weighted by Crippen LogP contribution is -2.28. The predicted molar refractivity (Wildman–Crippen MR) is 65.8 cm³/mol. The Morgan fingerprint density at radius 3 is 3.00 bits per heavy atom. The van der Waals surface area contributed by atoms with Gasteiger partial charge in [-0.05, 0) is 19.8 Å². The molecule has 1 aromatic heterocycles. The zero-order valence-electron chi connectivity index (χ0n) is 10.4. The van der Waals surface area contributed by atoms with Crippen LogP contribution in [0.2, 0.25) is 0 Å². The predicted octanol–water partition coefficient (Wildman–Crippen LogP) is 0.642. The molecule has 0 aromatic carbocycles. The van der Waals surface area contributed by atoms with Gasteiger partial charge in [-0.1, -0.05) is 0 Å². The number of hydrogen-bond acceptors (Lipinski definition) is 4. The number of carbonyl (C=O) groups excluding carboxylic acids is 1. The lowest BCUT2D eigenvalue weighted by atomic mass is 10.3. The van der Waals surface area contributed by atoms with Crippen LogP contribution in [0, 0.1) is 0 Å². The fourth-order valence-electron chi connectivity index (χ4n) is 1.54. The molecule has 1 heterocycles.